The number of carbonyl (C=O) groups is 2. The standard InChI is InChI=1S/C21H18FN3O4/c22-16-9-5-4-8-15(16)17-10-11-20(27)25(24-17)13-19(26)23-18(21(28)29)12-14-6-2-1-3-7-14/h1-11,18H,12-13H2,(H,23,26)(H,28,29)/t18-/m0/s1. The number of nitrogens with zero attached hydrogens (tertiary/aromatic N) is 2. The largest absolute Gasteiger partial charge is 0.480 e. The maximum atomic E-state index is 14.0. The van der Waals surface area contributed by atoms with E-state index in [-0.39, 0.29) is 17.7 Å². The number of benzene rings is 2. The molecule has 0 aliphatic heterocycles. The summed E-state index contributed by atoms with van der Waals surface area (Å²) in [7, 11) is 0. The number of aromatic nitrogens is 2. The summed E-state index contributed by atoms with van der Waals surface area (Å²) in [5.41, 5.74) is 0.566. The molecule has 1 aromatic heterocycles. The van der Waals surface area contributed by atoms with E-state index >= 15 is 0 Å². The Morgan fingerprint density at radius 1 is 1.03 bits per heavy atom. The van der Waals surface area contributed by atoms with Crippen molar-refractivity contribution >= 4 is 11.9 Å². The molecule has 0 saturated heterocycles. The smallest absolute Gasteiger partial charge is 0.326 e. The van der Waals surface area contributed by atoms with Gasteiger partial charge in [-0.2, -0.15) is 5.10 Å². The lowest BCUT2D eigenvalue weighted by Crippen LogP contribution is -2.44. The number of carbonyl (C=O) groups excluding carboxylic acids is 1. The second-order valence-corrected chi connectivity index (χ2v) is 6.34. The molecule has 29 heavy (non-hydrogen) atoms. The number of halogens is 1. The number of amides is 1. The van der Waals surface area contributed by atoms with Crippen LogP contribution in [0, 0.1) is 5.82 Å². The van der Waals surface area contributed by atoms with E-state index in [2.05, 4.69) is 10.4 Å². The van der Waals surface area contributed by atoms with Crippen LogP contribution in [-0.4, -0.2) is 32.8 Å². The molecule has 0 fully saturated rings. The Kier molecular flexibility index (Phi) is 6.13. The van der Waals surface area contributed by atoms with Crippen LogP contribution >= 0.6 is 0 Å². The molecule has 0 bridgehead atoms. The quantitative estimate of drug-likeness (QED) is 0.636. The van der Waals surface area contributed by atoms with E-state index < -0.39 is 35.8 Å². The van der Waals surface area contributed by atoms with Crippen molar-refractivity contribution in [2.75, 3.05) is 0 Å². The van der Waals surface area contributed by atoms with Gasteiger partial charge in [-0.3, -0.25) is 9.59 Å². The van der Waals surface area contributed by atoms with Gasteiger partial charge in [0.15, 0.2) is 0 Å². The van der Waals surface area contributed by atoms with Crippen molar-refractivity contribution < 1.29 is 19.1 Å². The summed E-state index contributed by atoms with van der Waals surface area (Å²) in [4.78, 5) is 35.9. The Bertz CT molecular complexity index is 1080. The first-order valence-corrected chi connectivity index (χ1v) is 8.83. The fraction of sp³-hybridized carbons (Fsp3) is 0.143. The van der Waals surface area contributed by atoms with E-state index in [0.29, 0.717) is 0 Å². The highest BCUT2D eigenvalue weighted by Gasteiger charge is 2.21. The van der Waals surface area contributed by atoms with Gasteiger partial charge in [0.25, 0.3) is 5.56 Å². The van der Waals surface area contributed by atoms with Gasteiger partial charge in [-0.1, -0.05) is 42.5 Å². The third kappa shape index (κ3) is 5.13. The number of hydrogen-bond acceptors (Lipinski definition) is 4. The average Bonchev–Trinajstić information content (AvgIpc) is 2.70. The minimum absolute atomic E-state index is 0.0967. The van der Waals surface area contributed by atoms with E-state index in [1.807, 2.05) is 0 Å². The summed E-state index contributed by atoms with van der Waals surface area (Å²) < 4.78 is 14.8. The molecule has 3 rings (SSSR count). The summed E-state index contributed by atoms with van der Waals surface area (Å²) in [6.45, 7) is -0.486. The molecular weight excluding hydrogens is 377 g/mol. The zero-order valence-corrected chi connectivity index (χ0v) is 15.3. The lowest BCUT2D eigenvalue weighted by atomic mass is 10.1. The van der Waals surface area contributed by atoms with Gasteiger partial charge in [0, 0.05) is 18.1 Å². The molecule has 1 heterocycles. The van der Waals surface area contributed by atoms with Crippen molar-refractivity contribution in [1.82, 2.24) is 15.1 Å². The molecule has 2 aromatic carbocycles. The molecule has 148 valence electrons. The third-order valence-electron chi connectivity index (χ3n) is 4.23. The zero-order valence-electron chi connectivity index (χ0n) is 15.3. The fourth-order valence-electron chi connectivity index (χ4n) is 2.80. The molecule has 7 nitrogen and oxygen atoms in total. The van der Waals surface area contributed by atoms with Crippen LogP contribution < -0.4 is 10.9 Å². The van der Waals surface area contributed by atoms with Gasteiger partial charge < -0.3 is 10.4 Å². The molecule has 0 radical (unpaired) electrons. The first kappa shape index (κ1) is 19.9. The van der Waals surface area contributed by atoms with Gasteiger partial charge in [0.2, 0.25) is 5.91 Å². The number of carboxylic acid groups (broad SMARTS) is 1. The van der Waals surface area contributed by atoms with E-state index in [4.69, 9.17) is 0 Å². The molecule has 1 amide bonds. The van der Waals surface area contributed by atoms with Gasteiger partial charge in [0.1, 0.15) is 18.4 Å². The van der Waals surface area contributed by atoms with Crippen molar-refractivity contribution in [2.24, 2.45) is 0 Å². The van der Waals surface area contributed by atoms with Crippen molar-refractivity contribution in [3.8, 4) is 11.3 Å². The third-order valence-corrected chi connectivity index (χ3v) is 4.23. The minimum Gasteiger partial charge on any atom is -0.480 e. The highest BCUT2D eigenvalue weighted by molar-refractivity contribution is 5.83. The maximum Gasteiger partial charge on any atom is 0.326 e. The average molecular weight is 395 g/mol. The van der Waals surface area contributed by atoms with Crippen LogP contribution in [0.4, 0.5) is 4.39 Å². The van der Waals surface area contributed by atoms with Gasteiger partial charge in [0.05, 0.1) is 5.69 Å². The van der Waals surface area contributed by atoms with Crippen molar-refractivity contribution in [2.45, 2.75) is 19.0 Å². The number of carboxylic acids is 1. The zero-order chi connectivity index (χ0) is 20.8. The second-order valence-electron chi connectivity index (χ2n) is 6.34. The maximum absolute atomic E-state index is 14.0. The Balaban J connectivity index is 1.76. The van der Waals surface area contributed by atoms with Gasteiger partial charge in [-0.25, -0.2) is 13.9 Å². The topological polar surface area (TPSA) is 101 Å². The van der Waals surface area contributed by atoms with Crippen LogP contribution in [0.1, 0.15) is 5.56 Å². The monoisotopic (exact) mass is 395 g/mol. The Labute approximate surface area is 165 Å². The molecule has 0 aliphatic rings. The second kappa shape index (κ2) is 8.92. The Morgan fingerprint density at radius 3 is 2.41 bits per heavy atom. The first-order chi connectivity index (χ1) is 13.9. The van der Waals surface area contributed by atoms with Crippen LogP contribution in [0.2, 0.25) is 0 Å². The number of nitrogens with one attached hydrogen (secondary N) is 1. The molecule has 8 heteroatoms. The Hall–Kier alpha value is -3.81. The lowest BCUT2D eigenvalue weighted by molar-refractivity contribution is -0.141. The minimum atomic E-state index is -1.19. The van der Waals surface area contributed by atoms with Crippen LogP contribution in [0.5, 0.6) is 0 Å². The first-order valence-electron chi connectivity index (χ1n) is 8.83. The van der Waals surface area contributed by atoms with Crippen LogP contribution in [0.25, 0.3) is 11.3 Å². The molecule has 1 atom stereocenters. The molecule has 0 aliphatic carbocycles. The molecule has 0 unspecified atom stereocenters. The fourth-order valence-corrected chi connectivity index (χ4v) is 2.80. The van der Waals surface area contributed by atoms with Gasteiger partial charge in [-0.05, 0) is 23.8 Å². The van der Waals surface area contributed by atoms with E-state index in [9.17, 15) is 23.9 Å². The predicted octanol–water partition coefficient (Wildman–Crippen LogP) is 1.86. The predicted molar refractivity (Wildman–Crippen MR) is 104 cm³/mol. The van der Waals surface area contributed by atoms with Crippen LogP contribution in [-0.2, 0) is 22.6 Å². The highest BCUT2D eigenvalue weighted by atomic mass is 19.1. The van der Waals surface area contributed by atoms with Crippen molar-refractivity contribution in [3.63, 3.8) is 0 Å². The summed E-state index contributed by atoms with van der Waals surface area (Å²) in [6.07, 6.45) is 0.0967. The molecule has 3 aromatic rings. The summed E-state index contributed by atoms with van der Waals surface area (Å²) in [6, 6.07) is 16.2. The van der Waals surface area contributed by atoms with Crippen LogP contribution in [0.3, 0.4) is 0 Å². The molecular formula is C21H18FN3O4. The number of aliphatic carboxylic acids is 1. The van der Waals surface area contributed by atoms with Gasteiger partial charge in [-0.15, -0.1) is 0 Å². The highest BCUT2D eigenvalue weighted by Crippen LogP contribution is 2.18. The summed E-state index contributed by atoms with van der Waals surface area (Å²) in [5, 5.41) is 15.8. The van der Waals surface area contributed by atoms with Crippen LogP contribution in [0.15, 0.2) is 71.5 Å². The van der Waals surface area contributed by atoms with Crippen molar-refractivity contribution in [3.05, 3.63) is 88.5 Å². The number of hydrogen-bond donors (Lipinski definition) is 2. The lowest BCUT2D eigenvalue weighted by Gasteiger charge is -2.15. The Morgan fingerprint density at radius 2 is 1.72 bits per heavy atom. The molecule has 0 saturated carbocycles. The van der Waals surface area contributed by atoms with E-state index in [1.165, 1.54) is 30.3 Å². The van der Waals surface area contributed by atoms with Crippen molar-refractivity contribution in [1.29, 1.82) is 0 Å². The van der Waals surface area contributed by atoms with E-state index in [0.717, 1.165) is 10.2 Å². The van der Waals surface area contributed by atoms with Gasteiger partial charge >= 0.3 is 5.97 Å². The summed E-state index contributed by atoms with van der Waals surface area (Å²) >= 11 is 0. The van der Waals surface area contributed by atoms with E-state index in [1.54, 1.807) is 36.4 Å². The molecule has 0 spiro atoms. The SMILES string of the molecule is O=C(Cn1nc(-c2ccccc2F)ccc1=O)N[C@@H](Cc1ccccc1)C(=O)O. The number of rotatable bonds is 7. The normalized spacial score (nSPS) is 11.6. The summed E-state index contributed by atoms with van der Waals surface area (Å²) in [5.74, 6) is -2.39. The molecule has 2 N–H and O–H groups in total.